The normalized spacial score (nSPS) is 13.6. The molecule has 0 saturated carbocycles. The Morgan fingerprint density at radius 2 is 1.02 bits per heavy atom. The van der Waals surface area contributed by atoms with E-state index in [0.717, 1.165) is 64.2 Å². The molecule has 0 bridgehead atoms. The average molecular weight is 715 g/mol. The largest absolute Gasteiger partial charge is 0.457 e. The topological polar surface area (TPSA) is 102 Å². The molecule has 0 amide bonds. The van der Waals surface area contributed by atoms with Gasteiger partial charge >= 0.3 is 11.9 Å². The summed E-state index contributed by atoms with van der Waals surface area (Å²) in [6.45, 7) is 3.48. The predicted octanol–water partition coefficient (Wildman–Crippen LogP) is 10.8. The first-order valence-electron chi connectivity index (χ1n) is 20.2. The van der Waals surface area contributed by atoms with Gasteiger partial charge in [-0.15, -0.1) is 0 Å². The van der Waals surface area contributed by atoms with Gasteiger partial charge in [-0.3, -0.25) is 4.79 Å². The maximum atomic E-state index is 12.2. The van der Waals surface area contributed by atoms with E-state index in [1.165, 1.54) is 76.7 Å². The molecule has 7 nitrogen and oxygen atoms in total. The Morgan fingerprint density at radius 1 is 0.529 bits per heavy atom. The van der Waals surface area contributed by atoms with Gasteiger partial charge in [-0.25, -0.2) is 4.79 Å². The van der Waals surface area contributed by atoms with Crippen LogP contribution >= 0.6 is 0 Å². The third-order valence-corrected chi connectivity index (χ3v) is 8.30. The van der Waals surface area contributed by atoms with Crippen LogP contribution in [0.25, 0.3) is 0 Å². The molecule has 0 heterocycles. The second-order valence-corrected chi connectivity index (χ2v) is 13.2. The van der Waals surface area contributed by atoms with E-state index >= 15 is 0 Å². The lowest BCUT2D eigenvalue weighted by Gasteiger charge is -2.18. The Balaban J connectivity index is 3.91. The number of aliphatic hydroxyl groups is 2. The Hall–Kier alpha value is -2.74. The molecule has 51 heavy (non-hydrogen) atoms. The van der Waals surface area contributed by atoms with Crippen LogP contribution in [0.1, 0.15) is 155 Å². The van der Waals surface area contributed by atoms with E-state index in [4.69, 9.17) is 14.2 Å². The van der Waals surface area contributed by atoms with Crippen molar-refractivity contribution in [2.45, 2.75) is 167 Å². The van der Waals surface area contributed by atoms with E-state index in [0.29, 0.717) is 6.42 Å². The fraction of sp³-hybridized carbons (Fsp3) is 0.682. The quantitative estimate of drug-likeness (QED) is 0.0219. The smallest absolute Gasteiger partial charge is 0.331 e. The van der Waals surface area contributed by atoms with Crippen LogP contribution in [-0.2, 0) is 23.8 Å². The van der Waals surface area contributed by atoms with E-state index in [2.05, 4.69) is 56.4 Å². The predicted molar refractivity (Wildman–Crippen MR) is 213 cm³/mol. The molecule has 2 atom stereocenters. The molecule has 0 aliphatic heterocycles. The zero-order chi connectivity index (χ0) is 37.3. The van der Waals surface area contributed by atoms with Crippen molar-refractivity contribution in [3.05, 3.63) is 72.9 Å². The number of allylic oxidation sites excluding steroid dienone is 11. The van der Waals surface area contributed by atoms with E-state index in [1.807, 2.05) is 12.2 Å². The molecule has 0 aromatic rings. The maximum absolute atomic E-state index is 12.2. The summed E-state index contributed by atoms with van der Waals surface area (Å²) < 4.78 is 16.0. The molecule has 2 unspecified atom stereocenters. The lowest BCUT2D eigenvalue weighted by Crippen LogP contribution is -2.31. The molecule has 0 aliphatic rings. The van der Waals surface area contributed by atoms with Crippen LogP contribution in [0.4, 0.5) is 0 Å². The summed E-state index contributed by atoms with van der Waals surface area (Å²) in [6.07, 6.45) is 47.5. The molecule has 7 heteroatoms. The molecule has 0 aromatic heterocycles. The fourth-order valence-electron chi connectivity index (χ4n) is 5.28. The van der Waals surface area contributed by atoms with E-state index in [9.17, 15) is 19.8 Å². The molecule has 0 saturated heterocycles. The Morgan fingerprint density at radius 3 is 1.61 bits per heavy atom. The highest BCUT2D eigenvalue weighted by atomic mass is 16.6. The molecule has 0 spiro atoms. The number of ether oxygens (including phenoxy) is 3. The van der Waals surface area contributed by atoms with Gasteiger partial charge in [0.05, 0.1) is 26.4 Å². The van der Waals surface area contributed by atoms with E-state index < -0.39 is 24.8 Å². The molecule has 0 aromatic carbocycles. The molecular formula is C44H74O7. The molecule has 0 rings (SSSR count). The summed E-state index contributed by atoms with van der Waals surface area (Å²) in [5.41, 5.74) is 0. The summed E-state index contributed by atoms with van der Waals surface area (Å²) in [6, 6.07) is 0. The number of carbonyl (C=O) groups excluding carboxylic acids is 2. The first-order valence-corrected chi connectivity index (χ1v) is 20.2. The van der Waals surface area contributed by atoms with Crippen LogP contribution in [0.3, 0.4) is 0 Å². The van der Waals surface area contributed by atoms with Gasteiger partial charge in [-0.05, 0) is 51.4 Å². The number of hydrogen-bond donors (Lipinski definition) is 2. The Labute approximate surface area is 312 Å². The summed E-state index contributed by atoms with van der Waals surface area (Å²) in [4.78, 5) is 24.3. The van der Waals surface area contributed by atoms with Gasteiger partial charge in [0.2, 0.25) is 0 Å². The first kappa shape index (κ1) is 48.3. The van der Waals surface area contributed by atoms with Crippen LogP contribution in [0.2, 0.25) is 0 Å². The van der Waals surface area contributed by atoms with E-state index in [1.54, 1.807) is 12.2 Å². The highest BCUT2D eigenvalue weighted by Crippen LogP contribution is 2.12. The number of esters is 2. The average Bonchev–Trinajstić information content (AvgIpc) is 3.13. The molecule has 292 valence electrons. The van der Waals surface area contributed by atoms with Crippen molar-refractivity contribution in [3.8, 4) is 0 Å². The van der Waals surface area contributed by atoms with Gasteiger partial charge in [0.15, 0.2) is 0 Å². The van der Waals surface area contributed by atoms with Gasteiger partial charge in [-0.1, -0.05) is 164 Å². The molecule has 0 aliphatic carbocycles. The molecule has 0 fully saturated rings. The van der Waals surface area contributed by atoms with Crippen molar-refractivity contribution in [2.75, 3.05) is 26.4 Å². The second kappa shape index (κ2) is 40.0. The van der Waals surface area contributed by atoms with Crippen molar-refractivity contribution >= 4 is 11.9 Å². The van der Waals surface area contributed by atoms with Crippen molar-refractivity contribution < 1.29 is 34.0 Å². The highest BCUT2D eigenvalue weighted by Gasteiger charge is 2.17. The van der Waals surface area contributed by atoms with Gasteiger partial charge in [-0.2, -0.15) is 0 Å². The summed E-state index contributed by atoms with van der Waals surface area (Å²) in [7, 11) is 0. The van der Waals surface area contributed by atoms with Crippen molar-refractivity contribution in [2.24, 2.45) is 0 Å². The van der Waals surface area contributed by atoms with Gasteiger partial charge < -0.3 is 24.4 Å². The number of carbonyl (C=O) groups is 2. The first-order chi connectivity index (χ1) is 25.1. The lowest BCUT2D eigenvalue weighted by atomic mass is 10.1. The van der Waals surface area contributed by atoms with Crippen molar-refractivity contribution in [1.29, 1.82) is 0 Å². The van der Waals surface area contributed by atoms with E-state index in [-0.39, 0.29) is 25.8 Å². The number of rotatable bonds is 36. The van der Waals surface area contributed by atoms with Crippen LogP contribution < -0.4 is 0 Å². The molecular weight excluding hydrogens is 640 g/mol. The Kier molecular flexibility index (Phi) is 37.9. The highest BCUT2D eigenvalue weighted by molar-refractivity contribution is 5.82. The zero-order valence-electron chi connectivity index (χ0n) is 32.4. The van der Waals surface area contributed by atoms with Crippen LogP contribution in [0, 0.1) is 0 Å². The summed E-state index contributed by atoms with van der Waals surface area (Å²) >= 11 is 0. The standard InChI is InChI=1S/C44H74O7/c1-3-5-7-9-11-13-15-17-19-20-22-24-26-28-30-32-34-36-44(48)51-42(38-46)40-49-39-41(37-45)50-43(47)35-33-31-29-27-25-23-21-18-16-14-12-10-8-6-4-2/h6,8,12,14,18,21,26,28,30,32,34,36,41-42,45-46H,3-5,7,9-11,13,15-17,19-20,22-25,27,29,31,33,35,37-40H2,1-2H3/b8-6-,14-12-,21-18-,28-26?,32-30?,36-34?. The van der Waals surface area contributed by atoms with Crippen LogP contribution in [0.15, 0.2) is 72.9 Å². The monoisotopic (exact) mass is 715 g/mol. The van der Waals surface area contributed by atoms with Crippen LogP contribution in [0.5, 0.6) is 0 Å². The van der Waals surface area contributed by atoms with Gasteiger partial charge in [0, 0.05) is 12.5 Å². The SMILES string of the molecule is CC/C=C\C/C=C\C/C=C\CCCCCCCC(=O)OC(CO)COCC(CO)OC(=O)C=CC=CC=CCCCCCCCCCCCCC. The lowest BCUT2D eigenvalue weighted by molar-refractivity contribution is -0.157. The van der Waals surface area contributed by atoms with Gasteiger partial charge in [0.1, 0.15) is 12.2 Å². The minimum Gasteiger partial charge on any atom is -0.457 e. The fourth-order valence-corrected chi connectivity index (χ4v) is 5.28. The minimum absolute atomic E-state index is 0.0559. The zero-order valence-corrected chi connectivity index (χ0v) is 32.4. The van der Waals surface area contributed by atoms with Crippen molar-refractivity contribution in [1.82, 2.24) is 0 Å². The number of aliphatic hydroxyl groups excluding tert-OH is 2. The third-order valence-electron chi connectivity index (χ3n) is 8.30. The Bertz CT molecular complexity index is 963. The second-order valence-electron chi connectivity index (χ2n) is 13.2. The van der Waals surface area contributed by atoms with Crippen molar-refractivity contribution in [3.63, 3.8) is 0 Å². The molecule has 0 radical (unpaired) electrons. The van der Waals surface area contributed by atoms with Crippen LogP contribution in [-0.4, -0.2) is 60.8 Å². The van der Waals surface area contributed by atoms with Gasteiger partial charge in [0.25, 0.3) is 0 Å². The number of unbranched alkanes of at least 4 members (excludes halogenated alkanes) is 16. The summed E-state index contributed by atoms with van der Waals surface area (Å²) in [5, 5.41) is 19.2. The summed E-state index contributed by atoms with van der Waals surface area (Å²) in [5.74, 6) is -0.959. The third kappa shape index (κ3) is 36.8. The maximum Gasteiger partial charge on any atom is 0.331 e. The molecule has 2 N–H and O–H groups in total. The number of hydrogen-bond acceptors (Lipinski definition) is 7. The minimum atomic E-state index is -0.864.